The zero-order chi connectivity index (χ0) is 20.7. The van der Waals surface area contributed by atoms with Crippen molar-refractivity contribution in [1.29, 1.82) is 0 Å². The molecule has 2 aromatic rings. The quantitative estimate of drug-likeness (QED) is 0.732. The second-order valence-corrected chi connectivity index (χ2v) is 8.36. The average molecular weight is 398 g/mol. The van der Waals surface area contributed by atoms with Crippen LogP contribution in [0.4, 0.5) is 10.7 Å². The maximum atomic E-state index is 12.2. The van der Waals surface area contributed by atoms with Gasteiger partial charge in [0, 0.05) is 31.5 Å². The molecule has 2 amide bonds. The summed E-state index contributed by atoms with van der Waals surface area (Å²) in [5, 5.41) is 5.90. The monoisotopic (exact) mass is 397 g/mol. The standard InChI is InChI=1S/C22H31N5O2/c1-22(2,3)17-7-9-19(10-8-17)29-15-13-25-21(28)26-18-6-4-14-27(16-18)20-23-11-5-12-24-20/h5,7-12,18H,4,6,13-16H2,1-3H3,(H2,25,26,28). The lowest BCUT2D eigenvalue weighted by Crippen LogP contribution is -2.51. The molecule has 29 heavy (non-hydrogen) atoms. The van der Waals surface area contributed by atoms with E-state index in [0.717, 1.165) is 25.1 Å². The Morgan fingerprint density at radius 1 is 1.21 bits per heavy atom. The molecule has 0 aliphatic carbocycles. The molecule has 156 valence electrons. The highest BCUT2D eigenvalue weighted by molar-refractivity contribution is 5.74. The van der Waals surface area contributed by atoms with Gasteiger partial charge in [0.25, 0.3) is 0 Å². The van der Waals surface area contributed by atoms with Crippen molar-refractivity contribution in [2.45, 2.75) is 45.1 Å². The van der Waals surface area contributed by atoms with Crippen LogP contribution < -0.4 is 20.3 Å². The van der Waals surface area contributed by atoms with Gasteiger partial charge in [-0.3, -0.25) is 0 Å². The molecule has 1 aliphatic heterocycles. The van der Waals surface area contributed by atoms with Crippen molar-refractivity contribution in [1.82, 2.24) is 20.6 Å². The third-order valence-electron chi connectivity index (χ3n) is 4.97. The Balaban J connectivity index is 1.36. The number of hydrogen-bond acceptors (Lipinski definition) is 5. The Kier molecular flexibility index (Phi) is 6.90. The maximum absolute atomic E-state index is 12.2. The molecule has 0 spiro atoms. The highest BCUT2D eigenvalue weighted by Gasteiger charge is 2.22. The van der Waals surface area contributed by atoms with Gasteiger partial charge in [0.2, 0.25) is 5.95 Å². The van der Waals surface area contributed by atoms with Gasteiger partial charge in [-0.1, -0.05) is 32.9 Å². The van der Waals surface area contributed by atoms with Crippen LogP contribution in [0.5, 0.6) is 5.75 Å². The smallest absolute Gasteiger partial charge is 0.315 e. The minimum absolute atomic E-state index is 0.0819. The molecule has 1 saturated heterocycles. The van der Waals surface area contributed by atoms with Crippen LogP contribution in [0.25, 0.3) is 0 Å². The number of hydrogen-bond donors (Lipinski definition) is 2. The number of aromatic nitrogens is 2. The molecule has 7 nitrogen and oxygen atoms in total. The first-order valence-corrected chi connectivity index (χ1v) is 10.2. The highest BCUT2D eigenvalue weighted by atomic mass is 16.5. The van der Waals surface area contributed by atoms with Gasteiger partial charge >= 0.3 is 6.03 Å². The summed E-state index contributed by atoms with van der Waals surface area (Å²) >= 11 is 0. The number of urea groups is 1. The van der Waals surface area contributed by atoms with Crippen LogP contribution in [0.1, 0.15) is 39.2 Å². The van der Waals surface area contributed by atoms with E-state index in [1.807, 2.05) is 12.1 Å². The predicted molar refractivity (Wildman–Crippen MR) is 114 cm³/mol. The molecule has 1 aromatic carbocycles. The normalized spacial score (nSPS) is 16.9. The van der Waals surface area contributed by atoms with Gasteiger partial charge in [-0.2, -0.15) is 0 Å². The molecule has 1 aliphatic rings. The lowest BCUT2D eigenvalue weighted by molar-refractivity contribution is 0.231. The molecular weight excluding hydrogens is 366 g/mol. The van der Waals surface area contributed by atoms with E-state index >= 15 is 0 Å². The molecule has 1 unspecified atom stereocenters. The molecule has 2 heterocycles. The molecule has 1 atom stereocenters. The van der Waals surface area contributed by atoms with Gasteiger partial charge in [0.15, 0.2) is 0 Å². The summed E-state index contributed by atoms with van der Waals surface area (Å²) in [5.41, 5.74) is 1.39. The Bertz CT molecular complexity index is 774. The fourth-order valence-electron chi connectivity index (χ4n) is 3.35. The van der Waals surface area contributed by atoms with E-state index in [9.17, 15) is 4.79 Å². The highest BCUT2D eigenvalue weighted by Crippen LogP contribution is 2.24. The van der Waals surface area contributed by atoms with E-state index in [0.29, 0.717) is 25.6 Å². The Morgan fingerprint density at radius 2 is 1.93 bits per heavy atom. The van der Waals surface area contributed by atoms with E-state index in [-0.39, 0.29) is 17.5 Å². The fraction of sp³-hybridized carbons (Fsp3) is 0.500. The first-order chi connectivity index (χ1) is 13.9. The van der Waals surface area contributed by atoms with Gasteiger partial charge in [-0.25, -0.2) is 14.8 Å². The number of piperidine rings is 1. The SMILES string of the molecule is CC(C)(C)c1ccc(OCCNC(=O)NC2CCCN(c3ncccn3)C2)cc1. The summed E-state index contributed by atoms with van der Waals surface area (Å²) in [7, 11) is 0. The van der Waals surface area contributed by atoms with Crippen molar-refractivity contribution in [3.05, 3.63) is 48.3 Å². The van der Waals surface area contributed by atoms with Crippen LogP contribution >= 0.6 is 0 Å². The molecule has 1 aromatic heterocycles. The zero-order valence-corrected chi connectivity index (χ0v) is 17.5. The molecule has 0 bridgehead atoms. The van der Waals surface area contributed by atoms with Crippen molar-refractivity contribution in [3.63, 3.8) is 0 Å². The molecule has 2 N–H and O–H groups in total. The van der Waals surface area contributed by atoms with Crippen molar-refractivity contribution < 1.29 is 9.53 Å². The van der Waals surface area contributed by atoms with Crippen LogP contribution in [-0.4, -0.2) is 48.3 Å². The summed E-state index contributed by atoms with van der Waals surface area (Å²) in [6.07, 6.45) is 5.43. The topological polar surface area (TPSA) is 79.4 Å². The van der Waals surface area contributed by atoms with Gasteiger partial charge in [0.1, 0.15) is 12.4 Å². The summed E-state index contributed by atoms with van der Waals surface area (Å²) in [6, 6.07) is 9.83. The van der Waals surface area contributed by atoms with Gasteiger partial charge in [-0.15, -0.1) is 0 Å². The lowest BCUT2D eigenvalue weighted by Gasteiger charge is -2.33. The number of rotatable bonds is 6. The second kappa shape index (κ2) is 9.58. The Hall–Kier alpha value is -2.83. The number of amides is 2. The molecule has 0 saturated carbocycles. The van der Waals surface area contributed by atoms with E-state index in [1.54, 1.807) is 18.5 Å². The molecule has 7 heteroatoms. The van der Waals surface area contributed by atoms with Crippen molar-refractivity contribution >= 4 is 12.0 Å². The number of nitrogens with zero attached hydrogens (tertiary/aromatic N) is 3. The minimum Gasteiger partial charge on any atom is -0.492 e. The maximum Gasteiger partial charge on any atom is 0.315 e. The number of nitrogens with one attached hydrogen (secondary N) is 2. The van der Waals surface area contributed by atoms with Gasteiger partial charge in [-0.05, 0) is 42.0 Å². The average Bonchev–Trinajstić information content (AvgIpc) is 2.72. The Labute approximate surface area is 172 Å². The van der Waals surface area contributed by atoms with E-state index in [1.165, 1.54) is 5.56 Å². The molecule has 1 fully saturated rings. The third kappa shape index (κ3) is 6.34. The van der Waals surface area contributed by atoms with E-state index < -0.39 is 0 Å². The lowest BCUT2D eigenvalue weighted by atomic mass is 9.87. The number of carbonyl (C=O) groups is 1. The number of ether oxygens (including phenoxy) is 1. The van der Waals surface area contributed by atoms with Crippen LogP contribution in [-0.2, 0) is 5.41 Å². The first-order valence-electron chi connectivity index (χ1n) is 10.2. The predicted octanol–water partition coefficient (Wildman–Crippen LogP) is 3.12. The van der Waals surface area contributed by atoms with Gasteiger partial charge in [0.05, 0.1) is 6.54 Å². The number of anilines is 1. The third-order valence-corrected chi connectivity index (χ3v) is 4.97. The first kappa shape index (κ1) is 20.9. The van der Waals surface area contributed by atoms with Crippen molar-refractivity contribution in [3.8, 4) is 5.75 Å². The molecular formula is C22H31N5O2. The zero-order valence-electron chi connectivity index (χ0n) is 17.5. The minimum atomic E-state index is -0.169. The van der Waals surface area contributed by atoms with Crippen LogP contribution in [0.3, 0.4) is 0 Å². The Morgan fingerprint density at radius 3 is 2.62 bits per heavy atom. The molecule has 3 rings (SSSR count). The van der Waals surface area contributed by atoms with Crippen LogP contribution in [0, 0.1) is 0 Å². The summed E-state index contributed by atoms with van der Waals surface area (Å²) in [6.45, 7) is 9.05. The number of benzene rings is 1. The summed E-state index contributed by atoms with van der Waals surface area (Å²) in [5.74, 6) is 1.52. The summed E-state index contributed by atoms with van der Waals surface area (Å²) < 4.78 is 5.72. The van der Waals surface area contributed by atoms with E-state index in [4.69, 9.17) is 4.74 Å². The fourth-order valence-corrected chi connectivity index (χ4v) is 3.35. The molecule has 0 radical (unpaired) electrons. The van der Waals surface area contributed by atoms with Crippen LogP contribution in [0.15, 0.2) is 42.7 Å². The number of carbonyl (C=O) groups excluding carboxylic acids is 1. The summed E-state index contributed by atoms with van der Waals surface area (Å²) in [4.78, 5) is 22.9. The van der Waals surface area contributed by atoms with Gasteiger partial charge < -0.3 is 20.3 Å². The second-order valence-electron chi connectivity index (χ2n) is 8.36. The van der Waals surface area contributed by atoms with Crippen molar-refractivity contribution in [2.24, 2.45) is 0 Å². The van der Waals surface area contributed by atoms with Crippen molar-refractivity contribution in [2.75, 3.05) is 31.1 Å². The van der Waals surface area contributed by atoms with E-state index in [2.05, 4.69) is 58.4 Å². The largest absolute Gasteiger partial charge is 0.492 e. The van der Waals surface area contributed by atoms with Crippen LogP contribution in [0.2, 0.25) is 0 Å².